The summed E-state index contributed by atoms with van der Waals surface area (Å²) in [6.45, 7) is 9.69. The van der Waals surface area contributed by atoms with Crippen LogP contribution in [0.1, 0.15) is 40.3 Å². The number of benzene rings is 1. The Morgan fingerprint density at radius 2 is 1.95 bits per heavy atom. The maximum absolute atomic E-state index is 15.1. The summed E-state index contributed by atoms with van der Waals surface area (Å²) in [7, 11) is -2.11. The Morgan fingerprint density at radius 3 is 2.59 bits per heavy atom. The van der Waals surface area contributed by atoms with E-state index in [1.807, 2.05) is 24.8 Å². The van der Waals surface area contributed by atoms with Gasteiger partial charge in [-0.15, -0.1) is 0 Å². The second-order valence-corrected chi connectivity index (χ2v) is 10.2. The van der Waals surface area contributed by atoms with Gasteiger partial charge in [0, 0.05) is 47.8 Å². The lowest BCUT2D eigenvalue weighted by atomic mass is 9.78. The number of aromatic nitrogens is 3. The fraction of sp³-hybridized carbons (Fsp3) is 0.417. The molecule has 1 aliphatic heterocycles. The van der Waals surface area contributed by atoms with E-state index in [0.29, 0.717) is 30.0 Å². The predicted molar refractivity (Wildman–Crippen MR) is 137 cm³/mol. The lowest BCUT2D eigenvalue weighted by molar-refractivity contribution is -0.133. The fourth-order valence-corrected chi connectivity index (χ4v) is 4.19. The molecule has 0 saturated heterocycles. The van der Waals surface area contributed by atoms with Gasteiger partial charge in [0.15, 0.2) is 5.82 Å². The number of anilines is 3. The third kappa shape index (κ3) is 5.83. The number of amides is 2. The molecule has 13 heteroatoms. The Hall–Kier alpha value is -3.71. The molecule has 0 bridgehead atoms. The summed E-state index contributed by atoms with van der Waals surface area (Å²) in [5.41, 5.74) is -0.620. The first kappa shape index (κ1) is 26.4. The van der Waals surface area contributed by atoms with Crippen LogP contribution in [-0.4, -0.2) is 67.0 Å². The van der Waals surface area contributed by atoms with Crippen molar-refractivity contribution in [3.63, 3.8) is 0 Å². The normalized spacial score (nSPS) is 14.0. The van der Waals surface area contributed by atoms with Gasteiger partial charge in [-0.1, -0.05) is 6.07 Å². The van der Waals surface area contributed by atoms with E-state index in [0.717, 1.165) is 5.69 Å². The van der Waals surface area contributed by atoms with Gasteiger partial charge in [-0.3, -0.25) is 14.8 Å². The quantitative estimate of drug-likeness (QED) is 0.381. The average Bonchev–Trinajstić information content (AvgIpc) is 3.06. The maximum atomic E-state index is 15.1. The number of hydrogen-bond donors (Lipinski definition) is 4. The van der Waals surface area contributed by atoms with Crippen molar-refractivity contribution in [2.75, 3.05) is 17.2 Å². The molecule has 0 aliphatic carbocycles. The molecule has 3 heterocycles. The molecule has 1 aliphatic rings. The van der Waals surface area contributed by atoms with Crippen LogP contribution < -0.4 is 16.1 Å². The number of carbonyl (C=O) groups excluding carboxylic acids is 2. The minimum Gasteiger partial charge on any atom is -0.444 e. The van der Waals surface area contributed by atoms with E-state index in [1.54, 1.807) is 31.5 Å². The highest BCUT2D eigenvalue weighted by molar-refractivity contribution is 6.59. The van der Waals surface area contributed by atoms with Crippen molar-refractivity contribution in [2.24, 2.45) is 0 Å². The first-order chi connectivity index (χ1) is 17.3. The number of rotatable bonds is 5. The smallest absolute Gasteiger partial charge is 0.444 e. The number of hydrogen-bond acceptors (Lipinski definition) is 8. The molecule has 11 nitrogen and oxygen atoms in total. The van der Waals surface area contributed by atoms with Gasteiger partial charge in [0.05, 0.1) is 5.69 Å². The number of carbonyl (C=O) groups is 2. The highest BCUT2D eigenvalue weighted by Crippen LogP contribution is 2.29. The molecule has 0 saturated carbocycles. The van der Waals surface area contributed by atoms with Gasteiger partial charge < -0.3 is 25.0 Å². The van der Waals surface area contributed by atoms with Crippen LogP contribution in [0.5, 0.6) is 0 Å². The Labute approximate surface area is 213 Å². The molecule has 0 unspecified atom stereocenters. The SMILES string of the molecule is CC(C)N1CCc2cc(Nc3cc4cc(B(O)O)c(F)c(NC(=O)OC(C)(C)C)c4cn3)nn2CC1=O. The first-order valence-electron chi connectivity index (χ1n) is 11.9. The molecule has 1 aromatic carbocycles. The lowest BCUT2D eigenvalue weighted by Crippen LogP contribution is -2.38. The minimum atomic E-state index is -2.11. The van der Waals surface area contributed by atoms with E-state index in [-0.39, 0.29) is 29.6 Å². The number of ether oxygens (including phenoxy) is 1. The van der Waals surface area contributed by atoms with Crippen LogP contribution in [0.2, 0.25) is 0 Å². The Bertz CT molecular complexity index is 1350. The zero-order chi connectivity index (χ0) is 27.1. The van der Waals surface area contributed by atoms with Gasteiger partial charge in [0.1, 0.15) is 23.8 Å². The summed E-state index contributed by atoms with van der Waals surface area (Å²) in [6.07, 6.45) is 1.11. The van der Waals surface area contributed by atoms with Crippen LogP contribution in [0, 0.1) is 5.82 Å². The molecule has 4 rings (SSSR count). The molecule has 0 atom stereocenters. The Kier molecular flexibility index (Phi) is 7.11. The highest BCUT2D eigenvalue weighted by atomic mass is 19.1. The summed E-state index contributed by atoms with van der Waals surface area (Å²) in [5.74, 6) is -0.184. The molecule has 2 aromatic heterocycles. The summed E-state index contributed by atoms with van der Waals surface area (Å²) < 4.78 is 22.0. The van der Waals surface area contributed by atoms with Crippen LogP contribution in [0.3, 0.4) is 0 Å². The predicted octanol–water partition coefficient (Wildman–Crippen LogP) is 2.13. The zero-order valence-corrected chi connectivity index (χ0v) is 21.4. The van der Waals surface area contributed by atoms with E-state index in [2.05, 4.69) is 20.7 Å². The van der Waals surface area contributed by atoms with Crippen LogP contribution in [0.15, 0.2) is 24.4 Å². The van der Waals surface area contributed by atoms with Gasteiger partial charge in [-0.25, -0.2) is 14.2 Å². The largest absolute Gasteiger partial charge is 0.491 e. The monoisotopic (exact) mass is 512 g/mol. The van der Waals surface area contributed by atoms with E-state index >= 15 is 4.39 Å². The molecule has 0 spiro atoms. The van der Waals surface area contributed by atoms with E-state index in [1.165, 1.54) is 12.3 Å². The highest BCUT2D eigenvalue weighted by Gasteiger charge is 2.26. The van der Waals surface area contributed by atoms with Gasteiger partial charge in [0.2, 0.25) is 5.91 Å². The standard InChI is InChI=1S/C24H30BFN6O5/c1-13(2)31-7-6-15-10-19(30-32(15)12-20(31)33)28-18-9-14-8-17(25(35)36)21(26)22(16(14)11-27-18)29-23(34)37-24(3,4)5/h8-11,13,35-36H,6-7,12H2,1-5H3,(H,29,34)(H,27,28,30). The minimum absolute atomic E-state index is 0.00522. The molecule has 3 aromatic rings. The second-order valence-electron chi connectivity index (χ2n) is 10.2. The van der Waals surface area contributed by atoms with Crippen molar-refractivity contribution < 1.29 is 28.8 Å². The molecular weight excluding hydrogens is 482 g/mol. The topological polar surface area (TPSA) is 142 Å². The van der Waals surface area contributed by atoms with Crippen molar-refractivity contribution in [2.45, 2.75) is 59.2 Å². The molecule has 0 fully saturated rings. The number of halogens is 1. The van der Waals surface area contributed by atoms with Gasteiger partial charge >= 0.3 is 13.2 Å². The lowest BCUT2D eigenvalue weighted by Gasteiger charge is -2.24. The van der Waals surface area contributed by atoms with Crippen molar-refractivity contribution in [3.8, 4) is 0 Å². The Morgan fingerprint density at radius 1 is 1.22 bits per heavy atom. The van der Waals surface area contributed by atoms with Crippen LogP contribution >= 0.6 is 0 Å². The molecule has 37 heavy (non-hydrogen) atoms. The van der Waals surface area contributed by atoms with E-state index in [4.69, 9.17) is 4.74 Å². The summed E-state index contributed by atoms with van der Waals surface area (Å²) in [6, 6.07) is 4.78. The number of pyridine rings is 1. The van der Waals surface area contributed by atoms with Crippen molar-refractivity contribution in [3.05, 3.63) is 35.9 Å². The van der Waals surface area contributed by atoms with Crippen LogP contribution in [0.4, 0.5) is 26.5 Å². The van der Waals surface area contributed by atoms with Gasteiger partial charge in [-0.05, 0) is 46.1 Å². The summed E-state index contributed by atoms with van der Waals surface area (Å²) >= 11 is 0. The Balaban J connectivity index is 1.63. The fourth-order valence-electron chi connectivity index (χ4n) is 4.19. The third-order valence-electron chi connectivity index (χ3n) is 5.85. The van der Waals surface area contributed by atoms with Crippen molar-refractivity contribution >= 4 is 52.7 Å². The van der Waals surface area contributed by atoms with Crippen LogP contribution in [0.25, 0.3) is 10.8 Å². The van der Waals surface area contributed by atoms with Crippen molar-refractivity contribution in [1.82, 2.24) is 19.7 Å². The van der Waals surface area contributed by atoms with Gasteiger partial charge in [0.25, 0.3) is 0 Å². The summed E-state index contributed by atoms with van der Waals surface area (Å²) in [5, 5.41) is 29.9. The number of nitrogens with zero attached hydrogens (tertiary/aromatic N) is 4. The first-order valence-corrected chi connectivity index (χ1v) is 11.9. The molecule has 0 radical (unpaired) electrons. The molecular formula is C24H30BFN6O5. The summed E-state index contributed by atoms with van der Waals surface area (Å²) in [4.78, 5) is 31.0. The van der Waals surface area contributed by atoms with Gasteiger partial charge in [-0.2, -0.15) is 5.10 Å². The molecule has 196 valence electrons. The van der Waals surface area contributed by atoms with E-state index in [9.17, 15) is 19.6 Å². The van der Waals surface area contributed by atoms with Crippen LogP contribution in [-0.2, 0) is 22.5 Å². The molecule has 2 amide bonds. The number of nitrogens with one attached hydrogen (secondary N) is 2. The molecule has 4 N–H and O–H groups in total. The second kappa shape index (κ2) is 9.98. The zero-order valence-electron chi connectivity index (χ0n) is 21.4. The average molecular weight is 512 g/mol. The maximum Gasteiger partial charge on any atom is 0.491 e. The number of fused-ring (bicyclic) bond motifs is 2. The van der Waals surface area contributed by atoms with Crippen molar-refractivity contribution in [1.29, 1.82) is 0 Å². The third-order valence-corrected chi connectivity index (χ3v) is 5.85. The van der Waals surface area contributed by atoms with E-state index < -0.39 is 30.1 Å².